The quantitative estimate of drug-likeness (QED) is 0.880. The maximum absolute atomic E-state index is 11.7. The van der Waals surface area contributed by atoms with Crippen LogP contribution in [0.25, 0.3) is 0 Å². The van der Waals surface area contributed by atoms with Crippen LogP contribution in [0.2, 0.25) is 0 Å². The van der Waals surface area contributed by atoms with E-state index < -0.39 is 6.10 Å². The normalized spacial score (nSPS) is 16.6. The van der Waals surface area contributed by atoms with E-state index in [1.807, 2.05) is 36.4 Å². The number of rotatable bonds is 3. The fourth-order valence-corrected chi connectivity index (χ4v) is 2.43. The van der Waals surface area contributed by atoms with Gasteiger partial charge in [0.25, 0.3) is 5.91 Å². The summed E-state index contributed by atoms with van der Waals surface area (Å²) >= 11 is 0. The third-order valence-corrected chi connectivity index (χ3v) is 3.48. The molecule has 2 aromatic rings. The summed E-state index contributed by atoms with van der Waals surface area (Å²) in [6, 6.07) is 13.4. The number of hydrogen-bond acceptors (Lipinski definition) is 3. The van der Waals surface area contributed by atoms with Crippen molar-refractivity contribution in [2.75, 3.05) is 5.32 Å². The molecule has 0 aromatic heterocycles. The summed E-state index contributed by atoms with van der Waals surface area (Å²) in [7, 11) is 0. The molecule has 0 bridgehead atoms. The lowest BCUT2D eigenvalue weighted by atomic mass is 10.00. The van der Waals surface area contributed by atoms with Gasteiger partial charge in [-0.2, -0.15) is 0 Å². The van der Waals surface area contributed by atoms with Crippen LogP contribution in [-0.4, -0.2) is 18.3 Å². The summed E-state index contributed by atoms with van der Waals surface area (Å²) in [6.45, 7) is 1.71. The molecule has 0 fully saturated rings. The zero-order valence-electron chi connectivity index (χ0n) is 11.6. The molecule has 3 rings (SSSR count). The second-order valence-electron chi connectivity index (χ2n) is 5.09. The van der Waals surface area contributed by atoms with Crippen molar-refractivity contribution in [2.45, 2.75) is 19.4 Å². The van der Waals surface area contributed by atoms with Gasteiger partial charge < -0.3 is 10.1 Å². The Balaban J connectivity index is 2.05. The SMILES string of the molecule is CC1Oc2c(Cc3ccccc3)cc(C=O)cc2NC1=O. The number of nitrogens with one attached hydrogen (secondary N) is 1. The van der Waals surface area contributed by atoms with Gasteiger partial charge >= 0.3 is 0 Å². The van der Waals surface area contributed by atoms with E-state index in [9.17, 15) is 9.59 Å². The molecule has 1 atom stereocenters. The van der Waals surface area contributed by atoms with E-state index in [4.69, 9.17) is 4.74 Å². The molecular weight excluding hydrogens is 266 g/mol. The summed E-state index contributed by atoms with van der Waals surface area (Å²) in [5.41, 5.74) is 3.11. The van der Waals surface area contributed by atoms with Gasteiger partial charge in [0.15, 0.2) is 6.10 Å². The smallest absolute Gasteiger partial charge is 0.265 e. The predicted molar refractivity (Wildman–Crippen MR) is 79.8 cm³/mol. The summed E-state index contributed by atoms with van der Waals surface area (Å²) in [4.78, 5) is 22.8. The van der Waals surface area contributed by atoms with E-state index in [-0.39, 0.29) is 5.91 Å². The van der Waals surface area contributed by atoms with E-state index in [2.05, 4.69) is 5.32 Å². The van der Waals surface area contributed by atoms with E-state index in [1.54, 1.807) is 13.0 Å². The van der Waals surface area contributed by atoms with Crippen molar-refractivity contribution in [3.8, 4) is 5.75 Å². The molecule has 0 saturated heterocycles. The van der Waals surface area contributed by atoms with E-state index in [1.165, 1.54) is 0 Å². The molecule has 0 aliphatic carbocycles. The first-order valence-corrected chi connectivity index (χ1v) is 6.81. The maximum atomic E-state index is 11.7. The van der Waals surface area contributed by atoms with Crippen molar-refractivity contribution in [1.82, 2.24) is 0 Å². The average Bonchev–Trinajstić information content (AvgIpc) is 2.50. The van der Waals surface area contributed by atoms with Crippen molar-refractivity contribution in [2.24, 2.45) is 0 Å². The third kappa shape index (κ3) is 2.65. The summed E-state index contributed by atoms with van der Waals surface area (Å²) in [5.74, 6) is 0.452. The molecule has 21 heavy (non-hydrogen) atoms. The molecule has 1 heterocycles. The Labute approximate surface area is 122 Å². The highest BCUT2D eigenvalue weighted by Crippen LogP contribution is 2.35. The van der Waals surface area contributed by atoms with Crippen molar-refractivity contribution < 1.29 is 14.3 Å². The van der Waals surface area contributed by atoms with Crippen molar-refractivity contribution in [1.29, 1.82) is 0 Å². The highest BCUT2D eigenvalue weighted by Gasteiger charge is 2.26. The Morgan fingerprint density at radius 3 is 2.71 bits per heavy atom. The average molecular weight is 281 g/mol. The highest BCUT2D eigenvalue weighted by molar-refractivity contribution is 5.99. The van der Waals surface area contributed by atoms with Gasteiger partial charge in [-0.05, 0) is 24.6 Å². The lowest BCUT2D eigenvalue weighted by Gasteiger charge is -2.26. The number of anilines is 1. The first-order chi connectivity index (χ1) is 10.2. The van der Waals surface area contributed by atoms with Crippen molar-refractivity contribution in [3.63, 3.8) is 0 Å². The molecule has 4 heteroatoms. The van der Waals surface area contributed by atoms with Gasteiger partial charge in [0.05, 0.1) is 5.69 Å². The van der Waals surface area contributed by atoms with Gasteiger partial charge in [-0.25, -0.2) is 0 Å². The Kier molecular flexibility index (Phi) is 3.44. The lowest BCUT2D eigenvalue weighted by Crippen LogP contribution is -2.35. The molecular formula is C17H15NO3. The first-order valence-electron chi connectivity index (χ1n) is 6.81. The summed E-state index contributed by atoms with van der Waals surface area (Å²) in [6.07, 6.45) is 0.890. The van der Waals surface area contributed by atoms with Gasteiger partial charge in [0.2, 0.25) is 0 Å². The number of benzene rings is 2. The predicted octanol–water partition coefficient (Wildman–Crippen LogP) is 2.81. The molecule has 1 aliphatic heterocycles. The lowest BCUT2D eigenvalue weighted by molar-refractivity contribution is -0.122. The second-order valence-corrected chi connectivity index (χ2v) is 5.09. The number of aldehydes is 1. The molecule has 1 N–H and O–H groups in total. The molecule has 0 spiro atoms. The minimum atomic E-state index is -0.533. The Bertz CT molecular complexity index is 695. The minimum absolute atomic E-state index is 0.198. The van der Waals surface area contributed by atoms with E-state index in [0.29, 0.717) is 23.4 Å². The van der Waals surface area contributed by atoms with Crippen LogP contribution in [0.3, 0.4) is 0 Å². The molecule has 1 amide bonds. The molecule has 4 nitrogen and oxygen atoms in total. The minimum Gasteiger partial charge on any atom is -0.478 e. The Hall–Kier alpha value is -2.62. The zero-order chi connectivity index (χ0) is 14.8. The van der Waals surface area contributed by atoms with Gasteiger partial charge in [-0.15, -0.1) is 0 Å². The fourth-order valence-electron chi connectivity index (χ4n) is 2.43. The van der Waals surface area contributed by atoms with Crippen LogP contribution in [0.5, 0.6) is 5.75 Å². The standard InChI is InChI=1S/C17H15NO3/c1-11-17(20)18-15-9-13(10-19)8-14(16(15)21-11)7-12-5-3-2-4-6-12/h2-6,8-11H,7H2,1H3,(H,18,20). The van der Waals surface area contributed by atoms with Crippen LogP contribution in [0.4, 0.5) is 5.69 Å². The number of carbonyl (C=O) groups is 2. The number of ether oxygens (including phenoxy) is 1. The van der Waals surface area contributed by atoms with Gasteiger partial charge in [-0.1, -0.05) is 30.3 Å². The highest BCUT2D eigenvalue weighted by atomic mass is 16.5. The van der Waals surface area contributed by atoms with E-state index in [0.717, 1.165) is 17.4 Å². The van der Waals surface area contributed by atoms with Crippen LogP contribution in [-0.2, 0) is 11.2 Å². The van der Waals surface area contributed by atoms with Crippen molar-refractivity contribution in [3.05, 3.63) is 59.2 Å². The summed E-state index contributed by atoms with van der Waals surface area (Å²) < 4.78 is 5.72. The molecule has 2 aromatic carbocycles. The van der Waals surface area contributed by atoms with Gasteiger partial charge in [-0.3, -0.25) is 9.59 Å². The number of amides is 1. The first kappa shape index (κ1) is 13.4. The third-order valence-electron chi connectivity index (χ3n) is 3.48. The van der Waals surface area contributed by atoms with E-state index >= 15 is 0 Å². The molecule has 0 radical (unpaired) electrons. The van der Waals surface area contributed by atoms with Crippen LogP contribution in [0, 0.1) is 0 Å². The van der Waals surface area contributed by atoms with Gasteiger partial charge in [0, 0.05) is 17.5 Å². The molecule has 0 saturated carbocycles. The Morgan fingerprint density at radius 1 is 1.24 bits per heavy atom. The zero-order valence-corrected chi connectivity index (χ0v) is 11.6. The molecule has 1 aliphatic rings. The van der Waals surface area contributed by atoms with Gasteiger partial charge in [0.1, 0.15) is 12.0 Å². The molecule has 1 unspecified atom stereocenters. The second kappa shape index (κ2) is 5.40. The van der Waals surface area contributed by atoms with Crippen LogP contribution >= 0.6 is 0 Å². The van der Waals surface area contributed by atoms with Crippen LogP contribution < -0.4 is 10.1 Å². The number of hydrogen-bond donors (Lipinski definition) is 1. The monoisotopic (exact) mass is 281 g/mol. The van der Waals surface area contributed by atoms with Crippen LogP contribution in [0.1, 0.15) is 28.4 Å². The Morgan fingerprint density at radius 2 is 2.00 bits per heavy atom. The number of carbonyl (C=O) groups excluding carboxylic acids is 2. The number of fused-ring (bicyclic) bond motifs is 1. The fraction of sp³-hybridized carbons (Fsp3) is 0.176. The largest absolute Gasteiger partial charge is 0.478 e. The molecule has 106 valence electrons. The maximum Gasteiger partial charge on any atom is 0.265 e. The van der Waals surface area contributed by atoms with Crippen LogP contribution in [0.15, 0.2) is 42.5 Å². The topological polar surface area (TPSA) is 55.4 Å². The van der Waals surface area contributed by atoms with Crippen molar-refractivity contribution >= 4 is 17.9 Å². The summed E-state index contributed by atoms with van der Waals surface area (Å²) in [5, 5.41) is 2.79.